The highest BCUT2D eigenvalue weighted by Crippen LogP contribution is 2.21. The number of nitrogens with zero attached hydrogens (tertiary/aromatic N) is 2. The van der Waals surface area contributed by atoms with Crippen LogP contribution >= 0.6 is 0 Å². The minimum atomic E-state index is -0.130. The first-order valence-electron chi connectivity index (χ1n) is 9.86. The maximum atomic E-state index is 12.8. The molecule has 2 heterocycles. The van der Waals surface area contributed by atoms with Gasteiger partial charge in [0.1, 0.15) is 12.4 Å². The summed E-state index contributed by atoms with van der Waals surface area (Å²) in [6.45, 7) is 5.84. The van der Waals surface area contributed by atoms with Crippen molar-refractivity contribution in [2.24, 2.45) is 5.73 Å². The number of benzene rings is 1. The first-order chi connectivity index (χ1) is 13.1. The van der Waals surface area contributed by atoms with Crippen LogP contribution in [0.15, 0.2) is 18.2 Å². The van der Waals surface area contributed by atoms with E-state index in [0.717, 1.165) is 44.3 Å². The summed E-state index contributed by atoms with van der Waals surface area (Å²) in [5.41, 5.74) is 7.05. The van der Waals surface area contributed by atoms with Crippen LogP contribution in [0, 0.1) is 6.92 Å². The van der Waals surface area contributed by atoms with E-state index in [4.69, 9.17) is 10.5 Å². The summed E-state index contributed by atoms with van der Waals surface area (Å²) >= 11 is 0. The predicted octanol–water partition coefficient (Wildman–Crippen LogP) is 1.74. The van der Waals surface area contributed by atoms with Crippen LogP contribution in [0.4, 0.5) is 4.79 Å². The van der Waals surface area contributed by atoms with Gasteiger partial charge in [-0.15, -0.1) is 0 Å². The monoisotopic (exact) mass is 374 g/mol. The lowest BCUT2D eigenvalue weighted by atomic mass is 10.0. The molecule has 0 aliphatic carbocycles. The molecule has 7 heteroatoms. The molecular formula is C20H30N4O3. The summed E-state index contributed by atoms with van der Waals surface area (Å²) in [4.78, 5) is 29.1. The van der Waals surface area contributed by atoms with Crippen LogP contribution in [0.25, 0.3) is 0 Å². The third-order valence-corrected chi connectivity index (χ3v) is 5.23. The topological polar surface area (TPSA) is 87.9 Å². The number of urea groups is 1. The number of likely N-dealkylation sites (tertiary alicyclic amines) is 2. The van der Waals surface area contributed by atoms with E-state index in [-0.39, 0.29) is 18.0 Å². The largest absolute Gasteiger partial charge is 0.491 e. The Hall–Kier alpha value is -2.28. The Labute approximate surface area is 160 Å². The smallest absolute Gasteiger partial charge is 0.319 e. The van der Waals surface area contributed by atoms with E-state index in [1.54, 1.807) is 0 Å². The van der Waals surface area contributed by atoms with E-state index >= 15 is 0 Å². The van der Waals surface area contributed by atoms with Gasteiger partial charge in [0.25, 0.3) is 5.91 Å². The van der Waals surface area contributed by atoms with Crippen molar-refractivity contribution in [2.45, 2.75) is 38.6 Å². The van der Waals surface area contributed by atoms with Crippen LogP contribution < -0.4 is 15.8 Å². The Balaban J connectivity index is 1.55. The molecule has 3 rings (SSSR count). The van der Waals surface area contributed by atoms with E-state index in [2.05, 4.69) is 5.32 Å². The van der Waals surface area contributed by atoms with E-state index < -0.39 is 0 Å². The fourth-order valence-electron chi connectivity index (χ4n) is 3.70. The fourth-order valence-corrected chi connectivity index (χ4v) is 3.70. The molecule has 27 heavy (non-hydrogen) atoms. The molecule has 1 aromatic carbocycles. The standard InChI is InChI=1S/C20H30N4O3/c1-15-4-5-18(27-13-8-21)17(14-15)19(25)22-16-6-11-24(12-7-16)20(26)23-9-2-3-10-23/h4-5,14,16H,2-3,6-13,21H2,1H3,(H,22,25). The van der Waals surface area contributed by atoms with Crippen LogP contribution in [0.2, 0.25) is 0 Å². The van der Waals surface area contributed by atoms with Crippen molar-refractivity contribution in [3.8, 4) is 5.75 Å². The molecular weight excluding hydrogens is 344 g/mol. The summed E-state index contributed by atoms with van der Waals surface area (Å²) in [5.74, 6) is 0.431. The number of amides is 3. The molecule has 0 bridgehead atoms. The predicted molar refractivity (Wildman–Crippen MR) is 104 cm³/mol. The van der Waals surface area contributed by atoms with Crippen LogP contribution in [0.5, 0.6) is 5.75 Å². The van der Waals surface area contributed by atoms with Gasteiger partial charge in [0, 0.05) is 38.8 Å². The van der Waals surface area contributed by atoms with Crippen molar-refractivity contribution < 1.29 is 14.3 Å². The molecule has 0 aromatic heterocycles. The highest BCUT2D eigenvalue weighted by Gasteiger charge is 2.28. The number of rotatable bonds is 5. The molecule has 0 unspecified atom stereocenters. The zero-order valence-corrected chi connectivity index (χ0v) is 16.1. The second-order valence-electron chi connectivity index (χ2n) is 7.35. The van der Waals surface area contributed by atoms with Gasteiger partial charge in [-0.3, -0.25) is 4.79 Å². The Morgan fingerprint density at radius 2 is 1.81 bits per heavy atom. The molecule has 2 aliphatic heterocycles. The molecule has 7 nitrogen and oxygen atoms in total. The fraction of sp³-hybridized carbons (Fsp3) is 0.600. The molecule has 148 valence electrons. The number of ether oxygens (including phenoxy) is 1. The summed E-state index contributed by atoms with van der Waals surface area (Å²) in [7, 11) is 0. The lowest BCUT2D eigenvalue weighted by molar-refractivity contribution is 0.0908. The van der Waals surface area contributed by atoms with E-state index in [0.29, 0.717) is 37.6 Å². The van der Waals surface area contributed by atoms with Crippen molar-refractivity contribution in [2.75, 3.05) is 39.3 Å². The number of hydrogen-bond donors (Lipinski definition) is 2. The average molecular weight is 374 g/mol. The van der Waals surface area contributed by atoms with Crippen molar-refractivity contribution in [3.63, 3.8) is 0 Å². The molecule has 0 atom stereocenters. The van der Waals surface area contributed by atoms with E-state index in [1.807, 2.05) is 34.9 Å². The molecule has 0 spiro atoms. The number of aryl methyl sites for hydroxylation is 1. The number of nitrogens with two attached hydrogens (primary N) is 1. The second-order valence-corrected chi connectivity index (χ2v) is 7.35. The minimum absolute atomic E-state index is 0.0722. The average Bonchev–Trinajstić information content (AvgIpc) is 3.22. The van der Waals surface area contributed by atoms with Crippen LogP contribution in [0.1, 0.15) is 41.6 Å². The first-order valence-corrected chi connectivity index (χ1v) is 9.86. The van der Waals surface area contributed by atoms with Gasteiger partial charge < -0.3 is 25.6 Å². The number of carbonyl (C=O) groups is 2. The molecule has 2 saturated heterocycles. The Bertz CT molecular complexity index is 665. The van der Waals surface area contributed by atoms with Gasteiger partial charge >= 0.3 is 6.03 Å². The Kier molecular flexibility index (Phi) is 6.55. The highest BCUT2D eigenvalue weighted by atomic mass is 16.5. The number of nitrogens with one attached hydrogen (secondary N) is 1. The van der Waals surface area contributed by atoms with Crippen LogP contribution in [-0.2, 0) is 0 Å². The number of hydrogen-bond acceptors (Lipinski definition) is 4. The van der Waals surface area contributed by atoms with Gasteiger partial charge in [0.2, 0.25) is 0 Å². The van der Waals surface area contributed by atoms with Crippen molar-refractivity contribution in [1.82, 2.24) is 15.1 Å². The van der Waals surface area contributed by atoms with Gasteiger partial charge in [0.15, 0.2) is 0 Å². The third-order valence-electron chi connectivity index (χ3n) is 5.23. The minimum Gasteiger partial charge on any atom is -0.491 e. The summed E-state index contributed by atoms with van der Waals surface area (Å²) < 4.78 is 5.61. The normalized spacial score (nSPS) is 17.9. The molecule has 1 aromatic rings. The third kappa shape index (κ3) is 4.91. The lowest BCUT2D eigenvalue weighted by Gasteiger charge is -2.34. The van der Waals surface area contributed by atoms with Gasteiger partial charge in [-0.2, -0.15) is 0 Å². The highest BCUT2D eigenvalue weighted by molar-refractivity contribution is 5.97. The number of carbonyl (C=O) groups excluding carboxylic acids is 2. The summed E-state index contributed by atoms with van der Waals surface area (Å²) in [5, 5.41) is 3.11. The second kappa shape index (κ2) is 9.08. The zero-order valence-electron chi connectivity index (χ0n) is 16.1. The van der Waals surface area contributed by atoms with Gasteiger partial charge in [0.05, 0.1) is 5.56 Å². The van der Waals surface area contributed by atoms with Crippen molar-refractivity contribution in [1.29, 1.82) is 0 Å². The lowest BCUT2D eigenvalue weighted by Crippen LogP contribution is -2.50. The van der Waals surface area contributed by atoms with E-state index in [9.17, 15) is 9.59 Å². The van der Waals surface area contributed by atoms with Crippen LogP contribution in [-0.4, -0.2) is 67.1 Å². The maximum Gasteiger partial charge on any atom is 0.319 e. The molecule has 3 amide bonds. The zero-order chi connectivity index (χ0) is 19.2. The molecule has 2 fully saturated rings. The van der Waals surface area contributed by atoms with Crippen molar-refractivity contribution >= 4 is 11.9 Å². The Morgan fingerprint density at radius 1 is 1.15 bits per heavy atom. The quantitative estimate of drug-likeness (QED) is 0.822. The molecule has 3 N–H and O–H groups in total. The SMILES string of the molecule is Cc1ccc(OCCN)c(C(=O)NC2CCN(C(=O)N3CCCC3)CC2)c1. The summed E-state index contributed by atoms with van der Waals surface area (Å²) in [6.07, 6.45) is 3.75. The number of piperidine rings is 1. The van der Waals surface area contributed by atoms with E-state index in [1.165, 1.54) is 0 Å². The summed E-state index contributed by atoms with van der Waals surface area (Å²) in [6, 6.07) is 5.80. The van der Waals surface area contributed by atoms with Crippen molar-refractivity contribution in [3.05, 3.63) is 29.3 Å². The first kappa shape index (κ1) is 19.5. The Morgan fingerprint density at radius 3 is 2.48 bits per heavy atom. The van der Waals surface area contributed by atoms with Crippen LogP contribution in [0.3, 0.4) is 0 Å². The molecule has 0 radical (unpaired) electrons. The van der Waals surface area contributed by atoms with Gasteiger partial charge in [-0.1, -0.05) is 11.6 Å². The molecule has 0 saturated carbocycles. The van der Waals surface area contributed by atoms with Gasteiger partial charge in [-0.05, 0) is 44.7 Å². The maximum absolute atomic E-state index is 12.8. The van der Waals surface area contributed by atoms with Gasteiger partial charge in [-0.25, -0.2) is 4.79 Å². The molecule has 2 aliphatic rings.